The molecule has 0 bridgehead atoms. The zero-order valence-electron chi connectivity index (χ0n) is 18.3. The third kappa shape index (κ3) is 7.55. The van der Waals surface area contributed by atoms with Gasteiger partial charge < -0.3 is 24.4 Å². The number of urea groups is 1. The van der Waals surface area contributed by atoms with Gasteiger partial charge in [0.25, 0.3) is 0 Å². The van der Waals surface area contributed by atoms with Gasteiger partial charge in [0, 0.05) is 45.7 Å². The molecule has 3 amide bonds. The number of unbranched alkanes of at least 4 members (excludes halogenated alkanes) is 1. The normalized spacial score (nSPS) is 10.6. The van der Waals surface area contributed by atoms with Gasteiger partial charge in [0.1, 0.15) is 6.54 Å². The van der Waals surface area contributed by atoms with Crippen LogP contribution in [-0.4, -0.2) is 59.7 Å². The summed E-state index contributed by atoms with van der Waals surface area (Å²) in [4.78, 5) is 29.2. The molecule has 0 unspecified atom stereocenters. The molecule has 1 N–H and O–H groups in total. The number of carbonyl (C=O) groups excluding carboxylic acids is 2. The minimum atomic E-state index is -0.216. The summed E-state index contributed by atoms with van der Waals surface area (Å²) in [5.41, 5.74) is 2.06. The molecule has 0 saturated heterocycles. The van der Waals surface area contributed by atoms with Gasteiger partial charge >= 0.3 is 6.03 Å². The molecular weight excluding hydrogens is 380 g/mol. The average molecular weight is 415 g/mol. The van der Waals surface area contributed by atoms with Gasteiger partial charge in [0.05, 0.1) is 13.2 Å². The van der Waals surface area contributed by atoms with E-state index in [0.29, 0.717) is 32.8 Å². The van der Waals surface area contributed by atoms with Crippen LogP contribution in [0.1, 0.15) is 31.0 Å². The number of nitrogens with zero attached hydrogens (tertiary/aromatic N) is 3. The SMILES string of the molecule is CCCCN(CC(=O)N(CCOC)Cc1cccn1C)C(=O)NCc1ccccc1. The van der Waals surface area contributed by atoms with Crippen LogP contribution in [0.15, 0.2) is 48.7 Å². The number of ether oxygens (including phenoxy) is 1. The number of aryl methyl sites for hydroxylation is 1. The molecule has 1 heterocycles. The number of rotatable bonds is 12. The van der Waals surface area contributed by atoms with Crippen LogP contribution in [0.3, 0.4) is 0 Å². The second kappa shape index (κ2) is 12.7. The van der Waals surface area contributed by atoms with Crippen molar-refractivity contribution in [1.82, 2.24) is 19.7 Å². The molecule has 0 atom stereocenters. The van der Waals surface area contributed by atoms with Gasteiger partial charge in [-0.25, -0.2) is 4.79 Å². The number of amides is 3. The number of benzene rings is 1. The molecule has 1 aromatic carbocycles. The van der Waals surface area contributed by atoms with E-state index in [2.05, 4.69) is 12.2 Å². The van der Waals surface area contributed by atoms with Crippen LogP contribution < -0.4 is 5.32 Å². The largest absolute Gasteiger partial charge is 0.383 e. The van der Waals surface area contributed by atoms with Gasteiger partial charge in [-0.15, -0.1) is 0 Å². The molecule has 0 saturated carbocycles. The lowest BCUT2D eigenvalue weighted by Gasteiger charge is -2.28. The highest BCUT2D eigenvalue weighted by Crippen LogP contribution is 2.08. The van der Waals surface area contributed by atoms with Gasteiger partial charge in [-0.2, -0.15) is 0 Å². The molecule has 7 heteroatoms. The average Bonchev–Trinajstić information content (AvgIpc) is 3.17. The number of methoxy groups -OCH3 is 1. The molecule has 2 rings (SSSR count). The molecule has 164 valence electrons. The zero-order chi connectivity index (χ0) is 21.8. The number of hydrogen-bond donors (Lipinski definition) is 1. The second-order valence-corrected chi connectivity index (χ2v) is 7.34. The minimum absolute atomic E-state index is 0.0504. The fourth-order valence-corrected chi connectivity index (χ4v) is 3.10. The predicted molar refractivity (Wildman–Crippen MR) is 118 cm³/mol. The van der Waals surface area contributed by atoms with Crippen molar-refractivity contribution >= 4 is 11.9 Å². The molecule has 1 aromatic heterocycles. The fraction of sp³-hybridized carbons (Fsp3) is 0.478. The third-order valence-electron chi connectivity index (χ3n) is 5.00. The third-order valence-corrected chi connectivity index (χ3v) is 5.00. The number of carbonyl (C=O) groups is 2. The molecular formula is C23H34N4O3. The molecule has 30 heavy (non-hydrogen) atoms. The maximum absolute atomic E-state index is 13.1. The van der Waals surface area contributed by atoms with Crippen molar-refractivity contribution in [2.45, 2.75) is 32.9 Å². The van der Waals surface area contributed by atoms with Crippen LogP contribution in [0.2, 0.25) is 0 Å². The van der Waals surface area contributed by atoms with E-state index in [1.165, 1.54) is 0 Å². The summed E-state index contributed by atoms with van der Waals surface area (Å²) in [5, 5.41) is 2.94. The number of nitrogens with one attached hydrogen (secondary N) is 1. The van der Waals surface area contributed by atoms with Crippen molar-refractivity contribution in [2.75, 3.05) is 33.4 Å². The Morgan fingerprint density at radius 1 is 1.07 bits per heavy atom. The summed E-state index contributed by atoms with van der Waals surface area (Å²) in [5.74, 6) is -0.0841. The lowest BCUT2D eigenvalue weighted by molar-refractivity contribution is -0.133. The first-order chi connectivity index (χ1) is 14.5. The van der Waals surface area contributed by atoms with Gasteiger partial charge in [-0.1, -0.05) is 43.7 Å². The minimum Gasteiger partial charge on any atom is -0.383 e. The van der Waals surface area contributed by atoms with Crippen molar-refractivity contribution in [2.24, 2.45) is 7.05 Å². The van der Waals surface area contributed by atoms with Crippen LogP contribution in [0.4, 0.5) is 4.79 Å². The lowest BCUT2D eigenvalue weighted by Crippen LogP contribution is -2.47. The van der Waals surface area contributed by atoms with Crippen molar-refractivity contribution in [3.05, 3.63) is 59.9 Å². The maximum atomic E-state index is 13.1. The van der Waals surface area contributed by atoms with E-state index in [9.17, 15) is 9.59 Å². The lowest BCUT2D eigenvalue weighted by atomic mass is 10.2. The van der Waals surface area contributed by atoms with Crippen LogP contribution in [0.5, 0.6) is 0 Å². The summed E-state index contributed by atoms with van der Waals surface area (Å²) < 4.78 is 7.18. The predicted octanol–water partition coefficient (Wildman–Crippen LogP) is 3.01. The first-order valence-corrected chi connectivity index (χ1v) is 10.5. The van der Waals surface area contributed by atoms with Crippen molar-refractivity contribution in [3.63, 3.8) is 0 Å². The van der Waals surface area contributed by atoms with E-state index in [-0.39, 0.29) is 18.5 Å². The highest BCUT2D eigenvalue weighted by atomic mass is 16.5. The topological polar surface area (TPSA) is 66.8 Å². The summed E-state index contributed by atoms with van der Waals surface area (Å²) in [7, 11) is 3.58. The highest BCUT2D eigenvalue weighted by Gasteiger charge is 2.21. The van der Waals surface area contributed by atoms with E-state index >= 15 is 0 Å². The van der Waals surface area contributed by atoms with Gasteiger partial charge in [0.15, 0.2) is 0 Å². The van der Waals surface area contributed by atoms with Gasteiger partial charge in [-0.05, 0) is 24.1 Å². The maximum Gasteiger partial charge on any atom is 0.318 e. The Morgan fingerprint density at radius 2 is 1.83 bits per heavy atom. The molecule has 0 aliphatic heterocycles. The first-order valence-electron chi connectivity index (χ1n) is 10.5. The molecule has 0 aliphatic rings. The fourth-order valence-electron chi connectivity index (χ4n) is 3.10. The number of hydrogen-bond acceptors (Lipinski definition) is 3. The molecule has 0 spiro atoms. The highest BCUT2D eigenvalue weighted by molar-refractivity contribution is 5.84. The smallest absolute Gasteiger partial charge is 0.318 e. The summed E-state index contributed by atoms with van der Waals surface area (Å²) in [6.07, 6.45) is 3.76. The van der Waals surface area contributed by atoms with E-state index in [0.717, 1.165) is 24.1 Å². The Morgan fingerprint density at radius 3 is 2.47 bits per heavy atom. The van der Waals surface area contributed by atoms with Crippen LogP contribution in [0.25, 0.3) is 0 Å². The van der Waals surface area contributed by atoms with E-state index in [4.69, 9.17) is 4.74 Å². The van der Waals surface area contributed by atoms with Crippen molar-refractivity contribution in [3.8, 4) is 0 Å². The van der Waals surface area contributed by atoms with Crippen molar-refractivity contribution < 1.29 is 14.3 Å². The Bertz CT molecular complexity index is 776. The van der Waals surface area contributed by atoms with Gasteiger partial charge in [0.2, 0.25) is 5.91 Å². The number of aromatic nitrogens is 1. The summed E-state index contributed by atoms with van der Waals surface area (Å²) in [6, 6.07) is 13.5. The van der Waals surface area contributed by atoms with Crippen LogP contribution in [-0.2, 0) is 29.7 Å². The Hall–Kier alpha value is -2.80. The second-order valence-electron chi connectivity index (χ2n) is 7.34. The van der Waals surface area contributed by atoms with Crippen LogP contribution >= 0.6 is 0 Å². The Labute approximate surface area is 179 Å². The monoisotopic (exact) mass is 414 g/mol. The molecule has 0 fully saturated rings. The van der Waals surface area contributed by atoms with E-state index < -0.39 is 0 Å². The quantitative estimate of drug-likeness (QED) is 0.581. The van der Waals surface area contributed by atoms with Crippen LogP contribution in [0, 0.1) is 0 Å². The molecule has 2 aromatic rings. The molecule has 0 radical (unpaired) electrons. The Balaban J connectivity index is 2.02. The van der Waals surface area contributed by atoms with Gasteiger partial charge in [-0.3, -0.25) is 4.79 Å². The first kappa shape index (κ1) is 23.5. The molecule has 7 nitrogen and oxygen atoms in total. The summed E-state index contributed by atoms with van der Waals surface area (Å²) >= 11 is 0. The standard InChI is InChI=1S/C23H34N4O3/c1-4-5-14-27(23(29)24-17-20-10-7-6-8-11-20)19-22(28)26(15-16-30-3)18-21-12-9-13-25(21)2/h6-13H,4-5,14-19H2,1-3H3,(H,24,29). The van der Waals surface area contributed by atoms with E-state index in [1.807, 2.05) is 60.3 Å². The van der Waals surface area contributed by atoms with E-state index in [1.54, 1.807) is 16.9 Å². The summed E-state index contributed by atoms with van der Waals surface area (Å²) in [6.45, 7) is 4.52. The Kier molecular flexibility index (Phi) is 9.94. The van der Waals surface area contributed by atoms with Crippen molar-refractivity contribution in [1.29, 1.82) is 0 Å². The zero-order valence-corrected chi connectivity index (χ0v) is 18.3. The molecule has 0 aliphatic carbocycles.